The normalized spacial score (nSPS) is 13.8. The quantitative estimate of drug-likeness (QED) is 0.663. The van der Waals surface area contributed by atoms with E-state index in [1.54, 1.807) is 0 Å². The van der Waals surface area contributed by atoms with E-state index in [1.165, 1.54) is 6.42 Å². The molecule has 0 bridgehead atoms. The first-order valence-corrected chi connectivity index (χ1v) is 5.43. The Balaban J connectivity index is 3.74. The van der Waals surface area contributed by atoms with E-state index in [0.717, 1.165) is 19.4 Å². The third-order valence-electron chi connectivity index (χ3n) is 2.30. The molecule has 3 nitrogen and oxygen atoms in total. The molecule has 0 spiro atoms. The second-order valence-electron chi connectivity index (χ2n) is 4.84. The molecule has 0 aliphatic carbocycles. The van der Waals surface area contributed by atoms with Crippen LogP contribution in [0.4, 0.5) is 0 Å². The Morgan fingerprint density at radius 2 is 1.93 bits per heavy atom. The van der Waals surface area contributed by atoms with E-state index in [4.69, 9.17) is 5.73 Å². The molecule has 0 heterocycles. The number of nitrogens with one attached hydrogen (secondary N) is 1. The Morgan fingerprint density at radius 1 is 1.36 bits per heavy atom. The van der Waals surface area contributed by atoms with Gasteiger partial charge >= 0.3 is 0 Å². The number of unbranched alkanes of at least 4 members (excludes halogenated alkanes) is 2. The minimum absolute atomic E-state index is 0.0337. The van der Waals surface area contributed by atoms with Gasteiger partial charge in [-0.2, -0.15) is 0 Å². The van der Waals surface area contributed by atoms with Crippen LogP contribution in [0.25, 0.3) is 0 Å². The number of carbonyl (C=O) groups excluding carboxylic acids is 1. The van der Waals surface area contributed by atoms with Crippen LogP contribution in [0.1, 0.15) is 47.0 Å². The predicted molar refractivity (Wildman–Crippen MR) is 60.0 cm³/mol. The van der Waals surface area contributed by atoms with Crippen molar-refractivity contribution in [3.05, 3.63) is 0 Å². The van der Waals surface area contributed by atoms with Gasteiger partial charge in [-0.1, -0.05) is 40.5 Å². The van der Waals surface area contributed by atoms with E-state index in [1.807, 2.05) is 20.8 Å². The summed E-state index contributed by atoms with van der Waals surface area (Å²) in [6.45, 7) is 8.81. The highest BCUT2D eigenvalue weighted by atomic mass is 16.2. The van der Waals surface area contributed by atoms with Gasteiger partial charge in [-0.05, 0) is 11.8 Å². The summed E-state index contributed by atoms with van der Waals surface area (Å²) in [7, 11) is 0. The van der Waals surface area contributed by atoms with Crippen molar-refractivity contribution < 1.29 is 4.79 Å². The topological polar surface area (TPSA) is 55.1 Å². The number of rotatable bonds is 5. The van der Waals surface area contributed by atoms with Crippen molar-refractivity contribution in [3.8, 4) is 0 Å². The lowest BCUT2D eigenvalue weighted by molar-refractivity contribution is -0.124. The van der Waals surface area contributed by atoms with Crippen molar-refractivity contribution in [2.75, 3.05) is 6.54 Å². The number of nitrogens with two attached hydrogens (primary N) is 1. The van der Waals surface area contributed by atoms with Crippen molar-refractivity contribution in [3.63, 3.8) is 0 Å². The summed E-state index contributed by atoms with van der Waals surface area (Å²) >= 11 is 0. The van der Waals surface area contributed by atoms with Crippen LogP contribution in [0, 0.1) is 5.41 Å². The summed E-state index contributed by atoms with van der Waals surface area (Å²) in [4.78, 5) is 11.5. The van der Waals surface area contributed by atoms with Gasteiger partial charge in [-0.25, -0.2) is 0 Å². The molecule has 0 aromatic heterocycles. The van der Waals surface area contributed by atoms with Crippen LogP contribution in [-0.2, 0) is 4.79 Å². The average molecular weight is 200 g/mol. The summed E-state index contributed by atoms with van der Waals surface area (Å²) < 4.78 is 0. The molecular formula is C11H24N2O. The highest BCUT2D eigenvalue weighted by molar-refractivity contribution is 5.82. The molecule has 0 aliphatic heterocycles. The molecular weight excluding hydrogens is 176 g/mol. The number of hydrogen-bond donors (Lipinski definition) is 2. The zero-order chi connectivity index (χ0) is 11.2. The number of carbonyl (C=O) groups is 1. The van der Waals surface area contributed by atoms with Gasteiger partial charge in [-0.15, -0.1) is 0 Å². The molecule has 14 heavy (non-hydrogen) atoms. The standard InChI is InChI=1S/C11H24N2O/c1-5-6-7-8-13-10(14)9(12)11(2,3)4/h9H,5-8,12H2,1-4H3,(H,13,14). The van der Waals surface area contributed by atoms with Crippen LogP contribution in [0.2, 0.25) is 0 Å². The zero-order valence-electron chi connectivity index (χ0n) is 9.89. The zero-order valence-corrected chi connectivity index (χ0v) is 9.89. The fourth-order valence-electron chi connectivity index (χ4n) is 1.09. The molecule has 0 saturated heterocycles. The fourth-order valence-corrected chi connectivity index (χ4v) is 1.09. The van der Waals surface area contributed by atoms with E-state index >= 15 is 0 Å². The minimum atomic E-state index is -0.413. The van der Waals surface area contributed by atoms with Gasteiger partial charge < -0.3 is 11.1 Å². The van der Waals surface area contributed by atoms with Crippen LogP contribution >= 0.6 is 0 Å². The predicted octanol–water partition coefficient (Wildman–Crippen LogP) is 1.67. The third kappa shape index (κ3) is 5.22. The summed E-state index contributed by atoms with van der Waals surface area (Å²) in [5.41, 5.74) is 5.64. The van der Waals surface area contributed by atoms with Crippen molar-refractivity contribution in [2.24, 2.45) is 11.1 Å². The molecule has 3 N–H and O–H groups in total. The highest BCUT2D eigenvalue weighted by Crippen LogP contribution is 2.16. The first-order valence-electron chi connectivity index (χ1n) is 5.43. The smallest absolute Gasteiger partial charge is 0.237 e. The summed E-state index contributed by atoms with van der Waals surface area (Å²) in [5, 5.41) is 2.86. The maximum absolute atomic E-state index is 11.5. The van der Waals surface area contributed by atoms with Crippen LogP contribution < -0.4 is 11.1 Å². The molecule has 0 aromatic carbocycles. The first kappa shape index (κ1) is 13.4. The van der Waals surface area contributed by atoms with Gasteiger partial charge in [0.2, 0.25) is 5.91 Å². The van der Waals surface area contributed by atoms with E-state index < -0.39 is 6.04 Å². The summed E-state index contributed by atoms with van der Waals surface area (Å²) in [6.07, 6.45) is 3.37. The number of hydrogen-bond acceptors (Lipinski definition) is 2. The minimum Gasteiger partial charge on any atom is -0.355 e. The molecule has 0 saturated carbocycles. The maximum atomic E-state index is 11.5. The lowest BCUT2D eigenvalue weighted by Gasteiger charge is -2.25. The Hall–Kier alpha value is -0.570. The van der Waals surface area contributed by atoms with Gasteiger partial charge in [0.15, 0.2) is 0 Å². The maximum Gasteiger partial charge on any atom is 0.237 e. The third-order valence-corrected chi connectivity index (χ3v) is 2.30. The van der Waals surface area contributed by atoms with Gasteiger partial charge in [0.1, 0.15) is 0 Å². The lowest BCUT2D eigenvalue weighted by Crippen LogP contribution is -2.48. The summed E-state index contributed by atoms with van der Waals surface area (Å²) in [5.74, 6) is -0.0337. The first-order chi connectivity index (χ1) is 6.39. The van der Waals surface area contributed by atoms with Crippen LogP contribution in [0.15, 0.2) is 0 Å². The monoisotopic (exact) mass is 200 g/mol. The Morgan fingerprint density at radius 3 is 2.36 bits per heavy atom. The van der Waals surface area contributed by atoms with E-state index in [2.05, 4.69) is 12.2 Å². The van der Waals surface area contributed by atoms with Crippen LogP contribution in [0.3, 0.4) is 0 Å². The van der Waals surface area contributed by atoms with E-state index in [0.29, 0.717) is 0 Å². The van der Waals surface area contributed by atoms with E-state index in [-0.39, 0.29) is 11.3 Å². The number of amides is 1. The Kier molecular flexibility index (Phi) is 5.77. The van der Waals surface area contributed by atoms with Crippen molar-refractivity contribution in [2.45, 2.75) is 53.0 Å². The van der Waals surface area contributed by atoms with Gasteiger partial charge in [0, 0.05) is 6.54 Å². The largest absolute Gasteiger partial charge is 0.355 e. The Bertz CT molecular complexity index is 173. The van der Waals surface area contributed by atoms with Crippen molar-refractivity contribution in [1.29, 1.82) is 0 Å². The van der Waals surface area contributed by atoms with Gasteiger partial charge in [-0.3, -0.25) is 4.79 Å². The van der Waals surface area contributed by atoms with Gasteiger partial charge in [0.25, 0.3) is 0 Å². The van der Waals surface area contributed by atoms with Crippen molar-refractivity contribution >= 4 is 5.91 Å². The second kappa shape index (κ2) is 6.02. The molecule has 1 unspecified atom stereocenters. The SMILES string of the molecule is CCCCCNC(=O)C(N)C(C)(C)C. The van der Waals surface area contributed by atoms with Crippen molar-refractivity contribution in [1.82, 2.24) is 5.32 Å². The van der Waals surface area contributed by atoms with Crippen LogP contribution in [0.5, 0.6) is 0 Å². The molecule has 0 radical (unpaired) electrons. The molecule has 0 rings (SSSR count). The molecule has 0 aliphatic rings. The van der Waals surface area contributed by atoms with Gasteiger partial charge in [0.05, 0.1) is 6.04 Å². The molecule has 0 aromatic rings. The lowest BCUT2D eigenvalue weighted by atomic mass is 9.87. The summed E-state index contributed by atoms with van der Waals surface area (Å²) in [6, 6.07) is -0.413. The van der Waals surface area contributed by atoms with E-state index in [9.17, 15) is 4.79 Å². The molecule has 3 heteroatoms. The Labute approximate surface area is 87.4 Å². The fraction of sp³-hybridized carbons (Fsp3) is 0.909. The molecule has 1 amide bonds. The molecule has 84 valence electrons. The second-order valence-corrected chi connectivity index (χ2v) is 4.84. The molecule has 0 fully saturated rings. The highest BCUT2D eigenvalue weighted by Gasteiger charge is 2.26. The molecule has 1 atom stereocenters. The van der Waals surface area contributed by atoms with Crippen LogP contribution in [-0.4, -0.2) is 18.5 Å². The average Bonchev–Trinajstić information content (AvgIpc) is 2.09.